The molecule has 0 atom stereocenters. The molecular formula is C10H17ClN2O2S. The highest BCUT2D eigenvalue weighted by molar-refractivity contribution is 7.89. The Morgan fingerprint density at radius 1 is 1.31 bits per heavy atom. The van der Waals surface area contributed by atoms with Gasteiger partial charge in [-0.15, -0.1) is 12.4 Å². The van der Waals surface area contributed by atoms with E-state index in [0.29, 0.717) is 6.54 Å². The molecule has 0 unspecified atom stereocenters. The van der Waals surface area contributed by atoms with Crippen molar-refractivity contribution in [1.29, 1.82) is 0 Å². The molecule has 16 heavy (non-hydrogen) atoms. The van der Waals surface area contributed by atoms with Crippen LogP contribution in [-0.4, -0.2) is 15.0 Å². The maximum atomic E-state index is 11.7. The summed E-state index contributed by atoms with van der Waals surface area (Å²) in [4.78, 5) is 0.154. The fourth-order valence-electron chi connectivity index (χ4n) is 1.19. The molecule has 4 nitrogen and oxygen atoms in total. The van der Waals surface area contributed by atoms with Gasteiger partial charge >= 0.3 is 0 Å². The van der Waals surface area contributed by atoms with E-state index in [2.05, 4.69) is 4.72 Å². The lowest BCUT2D eigenvalue weighted by atomic mass is 10.3. The number of halogens is 1. The Morgan fingerprint density at radius 3 is 2.50 bits per heavy atom. The van der Waals surface area contributed by atoms with Crippen molar-refractivity contribution in [2.24, 2.45) is 0 Å². The zero-order valence-corrected chi connectivity index (χ0v) is 10.8. The third-order valence-electron chi connectivity index (χ3n) is 2.03. The van der Waals surface area contributed by atoms with E-state index in [0.717, 1.165) is 12.8 Å². The van der Waals surface area contributed by atoms with Gasteiger partial charge in [0.15, 0.2) is 0 Å². The van der Waals surface area contributed by atoms with Gasteiger partial charge in [0.2, 0.25) is 10.0 Å². The molecule has 1 aromatic carbocycles. The molecule has 1 rings (SSSR count). The van der Waals surface area contributed by atoms with Crippen molar-refractivity contribution in [1.82, 2.24) is 4.72 Å². The number of benzene rings is 1. The van der Waals surface area contributed by atoms with Crippen LogP contribution in [0.5, 0.6) is 0 Å². The molecule has 0 fully saturated rings. The number of anilines is 1. The minimum Gasteiger partial charge on any atom is -0.398 e. The number of nitrogens with one attached hydrogen (secondary N) is 1. The van der Waals surface area contributed by atoms with Crippen molar-refractivity contribution in [3.63, 3.8) is 0 Å². The third kappa shape index (κ3) is 4.00. The Kier molecular flexibility index (Phi) is 6.40. The van der Waals surface area contributed by atoms with E-state index in [1.54, 1.807) is 18.2 Å². The highest BCUT2D eigenvalue weighted by Gasteiger charge is 2.15. The van der Waals surface area contributed by atoms with Gasteiger partial charge in [0.1, 0.15) is 4.90 Å². The summed E-state index contributed by atoms with van der Waals surface area (Å²) in [6, 6.07) is 6.45. The summed E-state index contributed by atoms with van der Waals surface area (Å²) < 4.78 is 26.0. The molecule has 0 radical (unpaired) electrons. The summed E-state index contributed by atoms with van der Waals surface area (Å²) in [5.74, 6) is 0. The molecule has 6 heteroatoms. The predicted octanol–water partition coefficient (Wildman–Crippen LogP) is 1.77. The summed E-state index contributed by atoms with van der Waals surface area (Å²) in [5, 5.41) is 0. The molecule has 0 aliphatic carbocycles. The molecule has 0 bridgehead atoms. The molecule has 0 aromatic heterocycles. The molecule has 0 amide bonds. The van der Waals surface area contributed by atoms with Crippen molar-refractivity contribution in [2.45, 2.75) is 24.7 Å². The number of rotatable bonds is 5. The van der Waals surface area contributed by atoms with Crippen LogP contribution in [-0.2, 0) is 10.0 Å². The number of sulfonamides is 1. The van der Waals surface area contributed by atoms with Gasteiger partial charge in [0.05, 0.1) is 5.69 Å². The van der Waals surface area contributed by atoms with E-state index >= 15 is 0 Å². The first-order chi connectivity index (χ1) is 7.08. The van der Waals surface area contributed by atoms with Gasteiger partial charge in [-0.05, 0) is 18.6 Å². The molecule has 92 valence electrons. The second kappa shape index (κ2) is 6.73. The first-order valence-electron chi connectivity index (χ1n) is 4.92. The van der Waals surface area contributed by atoms with Crippen molar-refractivity contribution in [2.75, 3.05) is 12.3 Å². The molecular weight excluding hydrogens is 248 g/mol. The van der Waals surface area contributed by atoms with Gasteiger partial charge < -0.3 is 5.73 Å². The van der Waals surface area contributed by atoms with Crippen LogP contribution in [0.2, 0.25) is 0 Å². The molecule has 0 saturated heterocycles. The lowest BCUT2D eigenvalue weighted by molar-refractivity contribution is 0.579. The first-order valence-corrected chi connectivity index (χ1v) is 6.40. The van der Waals surface area contributed by atoms with Crippen LogP contribution in [0, 0.1) is 0 Å². The number of nitrogens with two attached hydrogens (primary N) is 1. The van der Waals surface area contributed by atoms with Crippen LogP contribution in [0.3, 0.4) is 0 Å². The highest BCUT2D eigenvalue weighted by atomic mass is 35.5. The first kappa shape index (κ1) is 15.2. The van der Waals surface area contributed by atoms with E-state index < -0.39 is 10.0 Å². The van der Waals surface area contributed by atoms with E-state index in [1.807, 2.05) is 6.92 Å². The lowest BCUT2D eigenvalue weighted by Gasteiger charge is -2.07. The smallest absolute Gasteiger partial charge is 0.242 e. The SMILES string of the molecule is CCCCNS(=O)(=O)c1ccccc1N.Cl. The van der Waals surface area contributed by atoms with E-state index in [-0.39, 0.29) is 23.0 Å². The van der Waals surface area contributed by atoms with Crippen LogP contribution < -0.4 is 10.5 Å². The van der Waals surface area contributed by atoms with Crippen LogP contribution in [0.25, 0.3) is 0 Å². The Balaban J connectivity index is 0.00000225. The normalized spacial score (nSPS) is 10.8. The number of nitrogen functional groups attached to an aromatic ring is 1. The topological polar surface area (TPSA) is 72.2 Å². The molecule has 3 N–H and O–H groups in total. The standard InChI is InChI=1S/C10H16N2O2S.ClH/c1-2-3-8-12-15(13,14)10-7-5-4-6-9(10)11;/h4-7,12H,2-3,8,11H2,1H3;1H. The number of hydrogen-bond acceptors (Lipinski definition) is 3. The second-order valence-electron chi connectivity index (χ2n) is 3.29. The van der Waals surface area contributed by atoms with E-state index in [4.69, 9.17) is 5.73 Å². The Bertz CT molecular complexity index is 421. The lowest BCUT2D eigenvalue weighted by Crippen LogP contribution is -2.25. The maximum Gasteiger partial charge on any atom is 0.242 e. The Hall–Kier alpha value is -0.780. The van der Waals surface area contributed by atoms with Gasteiger partial charge in [-0.1, -0.05) is 25.5 Å². The Labute approximate surface area is 103 Å². The maximum absolute atomic E-state index is 11.7. The average Bonchev–Trinajstić information content (AvgIpc) is 2.18. The van der Waals surface area contributed by atoms with Crippen LogP contribution in [0.4, 0.5) is 5.69 Å². The molecule has 1 aromatic rings. The van der Waals surface area contributed by atoms with Crippen LogP contribution in [0.15, 0.2) is 29.2 Å². The molecule has 0 heterocycles. The fourth-order valence-corrected chi connectivity index (χ4v) is 2.39. The highest BCUT2D eigenvalue weighted by Crippen LogP contribution is 2.16. The van der Waals surface area contributed by atoms with Crippen molar-refractivity contribution in [3.8, 4) is 0 Å². The largest absolute Gasteiger partial charge is 0.398 e. The van der Waals surface area contributed by atoms with Gasteiger partial charge in [-0.25, -0.2) is 13.1 Å². The van der Waals surface area contributed by atoms with Gasteiger partial charge in [0, 0.05) is 6.54 Å². The average molecular weight is 265 g/mol. The van der Waals surface area contributed by atoms with Crippen molar-refractivity contribution in [3.05, 3.63) is 24.3 Å². The quantitative estimate of drug-likeness (QED) is 0.629. The number of hydrogen-bond donors (Lipinski definition) is 2. The predicted molar refractivity (Wildman–Crippen MR) is 68.2 cm³/mol. The summed E-state index contributed by atoms with van der Waals surface area (Å²) >= 11 is 0. The monoisotopic (exact) mass is 264 g/mol. The second-order valence-corrected chi connectivity index (χ2v) is 5.02. The van der Waals surface area contributed by atoms with Gasteiger partial charge in [-0.3, -0.25) is 0 Å². The van der Waals surface area contributed by atoms with E-state index in [9.17, 15) is 8.42 Å². The summed E-state index contributed by atoms with van der Waals surface area (Å²) in [6.07, 6.45) is 1.78. The van der Waals surface area contributed by atoms with E-state index in [1.165, 1.54) is 6.07 Å². The minimum atomic E-state index is -3.44. The Morgan fingerprint density at radius 2 is 1.94 bits per heavy atom. The molecule has 0 spiro atoms. The minimum absolute atomic E-state index is 0. The molecule has 0 aliphatic rings. The molecule has 0 saturated carbocycles. The third-order valence-corrected chi connectivity index (χ3v) is 3.57. The zero-order chi connectivity index (χ0) is 11.3. The summed E-state index contributed by atoms with van der Waals surface area (Å²) in [6.45, 7) is 2.46. The summed E-state index contributed by atoms with van der Waals surface area (Å²) in [7, 11) is -3.44. The van der Waals surface area contributed by atoms with Crippen LogP contribution in [0.1, 0.15) is 19.8 Å². The van der Waals surface area contributed by atoms with Crippen molar-refractivity contribution < 1.29 is 8.42 Å². The van der Waals surface area contributed by atoms with Crippen molar-refractivity contribution >= 4 is 28.1 Å². The van der Waals surface area contributed by atoms with Gasteiger partial charge in [-0.2, -0.15) is 0 Å². The fraction of sp³-hybridized carbons (Fsp3) is 0.400. The van der Waals surface area contributed by atoms with Crippen LogP contribution >= 0.6 is 12.4 Å². The molecule has 0 aliphatic heterocycles. The number of unbranched alkanes of at least 4 members (excludes halogenated alkanes) is 1. The summed E-state index contributed by atoms with van der Waals surface area (Å²) in [5.41, 5.74) is 5.87. The number of para-hydroxylation sites is 1. The zero-order valence-electron chi connectivity index (χ0n) is 9.14. The van der Waals surface area contributed by atoms with Gasteiger partial charge in [0.25, 0.3) is 0 Å².